The number of aromatic nitrogens is 1. The van der Waals surface area contributed by atoms with Gasteiger partial charge in [0.15, 0.2) is 4.34 Å². The van der Waals surface area contributed by atoms with Gasteiger partial charge in [0.2, 0.25) is 0 Å². The molecule has 0 aliphatic heterocycles. The van der Waals surface area contributed by atoms with Gasteiger partial charge in [-0.2, -0.15) is 0 Å². The number of anilines is 1. The summed E-state index contributed by atoms with van der Waals surface area (Å²) >= 11 is 3.58. The van der Waals surface area contributed by atoms with E-state index in [0.29, 0.717) is 0 Å². The van der Waals surface area contributed by atoms with Gasteiger partial charge in [0.25, 0.3) is 0 Å². The van der Waals surface area contributed by atoms with Crippen molar-refractivity contribution in [3.63, 3.8) is 0 Å². The van der Waals surface area contributed by atoms with Crippen LogP contribution in [0, 0.1) is 5.92 Å². The van der Waals surface area contributed by atoms with Gasteiger partial charge >= 0.3 is 0 Å². The fraction of sp³-hybridized carbons (Fsp3) is 0.417. The number of nitrogens with zero attached hydrogens (tertiary/aromatic N) is 1. The van der Waals surface area contributed by atoms with Crippen LogP contribution in [-0.4, -0.2) is 10.7 Å². The van der Waals surface area contributed by atoms with Crippen LogP contribution in [0.4, 0.5) is 5.69 Å². The third-order valence-corrected chi connectivity index (χ3v) is 4.51. The molecule has 2 rings (SSSR count). The van der Waals surface area contributed by atoms with Crippen LogP contribution >= 0.6 is 23.1 Å². The molecule has 0 atom stereocenters. The number of fused-ring (bicyclic) bond motifs is 1. The summed E-state index contributed by atoms with van der Waals surface area (Å²) in [6, 6.07) is 5.90. The third kappa shape index (κ3) is 2.89. The highest BCUT2D eigenvalue weighted by molar-refractivity contribution is 8.01. The summed E-state index contributed by atoms with van der Waals surface area (Å²) in [5.41, 5.74) is 7.62. The maximum atomic E-state index is 5.75. The molecule has 16 heavy (non-hydrogen) atoms. The second-order valence-electron chi connectivity index (χ2n) is 4.24. The minimum absolute atomic E-state index is 0.762. The first-order valence-corrected chi connectivity index (χ1v) is 7.24. The summed E-state index contributed by atoms with van der Waals surface area (Å²) in [5, 5.41) is 0. The van der Waals surface area contributed by atoms with Crippen molar-refractivity contribution in [1.82, 2.24) is 4.98 Å². The van der Waals surface area contributed by atoms with Crippen LogP contribution < -0.4 is 5.73 Å². The largest absolute Gasteiger partial charge is 0.399 e. The molecule has 0 bridgehead atoms. The van der Waals surface area contributed by atoms with E-state index in [1.54, 1.807) is 11.3 Å². The minimum atomic E-state index is 0.762. The van der Waals surface area contributed by atoms with Gasteiger partial charge in [-0.15, -0.1) is 11.3 Å². The molecule has 0 saturated heterocycles. The van der Waals surface area contributed by atoms with E-state index >= 15 is 0 Å². The number of hydrogen-bond donors (Lipinski definition) is 1. The van der Waals surface area contributed by atoms with E-state index in [0.717, 1.165) is 27.2 Å². The van der Waals surface area contributed by atoms with Gasteiger partial charge in [-0.3, -0.25) is 0 Å². The Labute approximate surface area is 104 Å². The van der Waals surface area contributed by atoms with E-state index in [-0.39, 0.29) is 0 Å². The van der Waals surface area contributed by atoms with Crippen molar-refractivity contribution in [3.05, 3.63) is 18.2 Å². The maximum absolute atomic E-state index is 5.75. The molecule has 0 radical (unpaired) electrons. The molecule has 1 heterocycles. The smallest absolute Gasteiger partial charge is 0.151 e. The number of benzene rings is 1. The molecule has 0 amide bonds. The number of thiazole rings is 1. The zero-order valence-corrected chi connectivity index (χ0v) is 11.2. The van der Waals surface area contributed by atoms with Crippen molar-refractivity contribution in [2.75, 3.05) is 11.5 Å². The van der Waals surface area contributed by atoms with E-state index in [1.165, 1.54) is 11.1 Å². The topological polar surface area (TPSA) is 38.9 Å². The van der Waals surface area contributed by atoms with Crippen LogP contribution in [0.3, 0.4) is 0 Å². The van der Waals surface area contributed by atoms with Gasteiger partial charge < -0.3 is 5.73 Å². The SMILES string of the molecule is CC(C)CCSc1nc2ccc(N)cc2s1. The highest BCUT2D eigenvalue weighted by Crippen LogP contribution is 2.31. The first kappa shape index (κ1) is 11.7. The molecular formula is C12H16N2S2. The Morgan fingerprint density at radius 3 is 3.00 bits per heavy atom. The number of thioether (sulfide) groups is 1. The van der Waals surface area contributed by atoms with Crippen LogP contribution in [0.15, 0.2) is 22.5 Å². The lowest BCUT2D eigenvalue weighted by Gasteiger charge is -2.00. The van der Waals surface area contributed by atoms with Gasteiger partial charge in [-0.1, -0.05) is 25.6 Å². The van der Waals surface area contributed by atoms with Crippen LogP contribution in [-0.2, 0) is 0 Å². The molecule has 0 saturated carbocycles. The molecule has 2 aromatic rings. The molecule has 0 fully saturated rings. The summed E-state index contributed by atoms with van der Waals surface area (Å²) in [6.45, 7) is 4.50. The van der Waals surface area contributed by atoms with Crippen molar-refractivity contribution >= 4 is 39.0 Å². The van der Waals surface area contributed by atoms with Crippen LogP contribution in [0.25, 0.3) is 10.2 Å². The predicted octanol–water partition coefficient (Wildman–Crippen LogP) is 4.02. The second kappa shape index (κ2) is 5.06. The van der Waals surface area contributed by atoms with Gasteiger partial charge in [0.05, 0.1) is 10.2 Å². The fourth-order valence-corrected chi connectivity index (χ4v) is 3.79. The zero-order chi connectivity index (χ0) is 11.5. The molecule has 2 N–H and O–H groups in total. The van der Waals surface area contributed by atoms with E-state index in [1.807, 2.05) is 30.0 Å². The van der Waals surface area contributed by atoms with Crippen LogP contribution in [0.5, 0.6) is 0 Å². The number of rotatable bonds is 4. The third-order valence-electron chi connectivity index (χ3n) is 2.31. The molecular weight excluding hydrogens is 236 g/mol. The average molecular weight is 252 g/mol. The summed E-state index contributed by atoms with van der Waals surface area (Å²) < 4.78 is 2.34. The van der Waals surface area contributed by atoms with Crippen LogP contribution in [0.2, 0.25) is 0 Å². The van der Waals surface area contributed by atoms with Gasteiger partial charge in [0.1, 0.15) is 0 Å². The van der Waals surface area contributed by atoms with E-state index < -0.39 is 0 Å². The molecule has 4 heteroatoms. The van der Waals surface area contributed by atoms with Crippen molar-refractivity contribution in [2.45, 2.75) is 24.6 Å². The fourth-order valence-electron chi connectivity index (χ4n) is 1.36. The van der Waals surface area contributed by atoms with E-state index in [9.17, 15) is 0 Å². The molecule has 2 nitrogen and oxygen atoms in total. The van der Waals surface area contributed by atoms with E-state index in [2.05, 4.69) is 18.8 Å². The molecule has 0 aliphatic carbocycles. The Bertz CT molecular complexity index is 477. The van der Waals surface area contributed by atoms with Gasteiger partial charge in [-0.25, -0.2) is 4.98 Å². The molecule has 0 aliphatic rings. The number of nitrogens with two attached hydrogens (primary N) is 1. The summed E-state index contributed by atoms with van der Waals surface area (Å²) in [5.74, 6) is 1.91. The molecule has 0 spiro atoms. The normalized spacial score (nSPS) is 11.4. The lowest BCUT2D eigenvalue weighted by atomic mass is 10.2. The second-order valence-corrected chi connectivity index (χ2v) is 6.61. The van der Waals surface area contributed by atoms with Gasteiger partial charge in [0, 0.05) is 11.4 Å². The van der Waals surface area contributed by atoms with Crippen molar-refractivity contribution in [1.29, 1.82) is 0 Å². The lowest BCUT2D eigenvalue weighted by Crippen LogP contribution is -1.88. The molecule has 86 valence electrons. The summed E-state index contributed by atoms with van der Waals surface area (Å²) in [6.07, 6.45) is 1.24. The molecule has 1 aromatic carbocycles. The highest BCUT2D eigenvalue weighted by Gasteiger charge is 2.04. The van der Waals surface area contributed by atoms with Crippen molar-refractivity contribution < 1.29 is 0 Å². The summed E-state index contributed by atoms with van der Waals surface area (Å²) in [7, 11) is 0. The highest BCUT2D eigenvalue weighted by atomic mass is 32.2. The summed E-state index contributed by atoms with van der Waals surface area (Å²) in [4.78, 5) is 4.58. The quantitative estimate of drug-likeness (QED) is 0.660. The zero-order valence-electron chi connectivity index (χ0n) is 9.56. The first-order valence-electron chi connectivity index (χ1n) is 5.44. The Morgan fingerprint density at radius 1 is 1.44 bits per heavy atom. The molecule has 0 unspecified atom stereocenters. The lowest BCUT2D eigenvalue weighted by molar-refractivity contribution is 0.632. The number of nitrogen functional groups attached to an aromatic ring is 1. The van der Waals surface area contributed by atoms with E-state index in [4.69, 9.17) is 5.73 Å². The van der Waals surface area contributed by atoms with Gasteiger partial charge in [-0.05, 0) is 30.5 Å². The van der Waals surface area contributed by atoms with Crippen LogP contribution in [0.1, 0.15) is 20.3 Å². The Balaban J connectivity index is 2.08. The monoisotopic (exact) mass is 252 g/mol. The predicted molar refractivity (Wildman–Crippen MR) is 74.2 cm³/mol. The first-order chi connectivity index (χ1) is 7.65. The Kier molecular flexibility index (Phi) is 3.71. The van der Waals surface area contributed by atoms with Crippen molar-refractivity contribution in [3.8, 4) is 0 Å². The average Bonchev–Trinajstić information content (AvgIpc) is 2.58. The standard InChI is InChI=1S/C12H16N2S2/c1-8(2)5-6-15-12-14-10-4-3-9(13)7-11(10)16-12/h3-4,7-8H,5-6,13H2,1-2H3. The van der Waals surface area contributed by atoms with Crippen molar-refractivity contribution in [2.24, 2.45) is 5.92 Å². The number of hydrogen-bond acceptors (Lipinski definition) is 4. The Morgan fingerprint density at radius 2 is 2.25 bits per heavy atom. The minimum Gasteiger partial charge on any atom is -0.399 e. The Hall–Kier alpha value is -0.740. The molecule has 1 aromatic heterocycles. The maximum Gasteiger partial charge on any atom is 0.151 e.